The zero-order valence-electron chi connectivity index (χ0n) is 17.9. The quantitative estimate of drug-likeness (QED) is 0.327. The third-order valence-corrected chi connectivity index (χ3v) is 7.87. The molecule has 2 aliphatic carbocycles. The molecule has 0 heterocycles. The number of halogens is 3. The predicted octanol–water partition coefficient (Wildman–Crippen LogP) is 9.08. The Morgan fingerprint density at radius 2 is 1.26 bits per heavy atom. The Bertz CT molecular complexity index is 385. The van der Waals surface area contributed by atoms with Gasteiger partial charge in [-0.2, -0.15) is 13.2 Å². The molecule has 0 bridgehead atoms. The average molecular weight is 389 g/mol. The first-order valence-corrected chi connectivity index (χ1v) is 12.0. The Hall–Kier alpha value is -0.210. The summed E-state index contributed by atoms with van der Waals surface area (Å²) in [6, 6.07) is 0. The summed E-state index contributed by atoms with van der Waals surface area (Å²) in [5.41, 5.74) is -1.37. The largest absolute Gasteiger partial charge is 0.394 e. The summed E-state index contributed by atoms with van der Waals surface area (Å²) in [5, 5.41) is 0. The van der Waals surface area contributed by atoms with Crippen LogP contribution in [0.2, 0.25) is 0 Å². The van der Waals surface area contributed by atoms with Crippen molar-refractivity contribution in [1.82, 2.24) is 0 Å². The molecule has 0 aromatic heterocycles. The molecule has 0 aromatic rings. The van der Waals surface area contributed by atoms with E-state index in [2.05, 4.69) is 6.92 Å². The second-order valence-corrected chi connectivity index (χ2v) is 9.70. The topological polar surface area (TPSA) is 0 Å². The van der Waals surface area contributed by atoms with Gasteiger partial charge in [-0.1, -0.05) is 78.1 Å². The van der Waals surface area contributed by atoms with E-state index in [4.69, 9.17) is 0 Å². The molecule has 2 fully saturated rings. The highest BCUT2D eigenvalue weighted by atomic mass is 19.4. The molecule has 0 atom stereocenters. The molecular formula is C24H43F3. The highest BCUT2D eigenvalue weighted by Gasteiger charge is 2.55. The van der Waals surface area contributed by atoms with Gasteiger partial charge in [-0.05, 0) is 62.7 Å². The lowest BCUT2D eigenvalue weighted by Crippen LogP contribution is -2.42. The Labute approximate surface area is 166 Å². The first kappa shape index (κ1) is 23.1. The Kier molecular flexibility index (Phi) is 9.48. The average Bonchev–Trinajstić information content (AvgIpc) is 2.66. The van der Waals surface area contributed by atoms with Crippen molar-refractivity contribution >= 4 is 0 Å². The van der Waals surface area contributed by atoms with Crippen LogP contribution in [-0.4, -0.2) is 6.18 Å². The van der Waals surface area contributed by atoms with E-state index in [1.165, 1.54) is 64.2 Å². The smallest absolute Gasteiger partial charge is 0.171 e. The molecule has 0 aromatic carbocycles. The van der Waals surface area contributed by atoms with Crippen molar-refractivity contribution in [1.29, 1.82) is 0 Å². The molecule has 3 heteroatoms. The van der Waals surface area contributed by atoms with Crippen molar-refractivity contribution in [2.45, 2.75) is 129 Å². The van der Waals surface area contributed by atoms with Crippen molar-refractivity contribution in [2.24, 2.45) is 23.2 Å². The van der Waals surface area contributed by atoms with Gasteiger partial charge in [0.1, 0.15) is 0 Å². The molecule has 27 heavy (non-hydrogen) atoms. The Morgan fingerprint density at radius 3 is 1.81 bits per heavy atom. The van der Waals surface area contributed by atoms with Gasteiger partial charge >= 0.3 is 6.18 Å². The van der Waals surface area contributed by atoms with Crippen molar-refractivity contribution in [3.05, 3.63) is 0 Å². The minimum Gasteiger partial charge on any atom is -0.171 e. The van der Waals surface area contributed by atoms with E-state index in [0.717, 1.165) is 25.2 Å². The van der Waals surface area contributed by atoms with Crippen LogP contribution in [0.25, 0.3) is 0 Å². The van der Waals surface area contributed by atoms with Gasteiger partial charge in [0.15, 0.2) is 0 Å². The number of alkyl halides is 3. The maximum absolute atomic E-state index is 13.7. The molecular weight excluding hydrogens is 345 g/mol. The molecule has 0 spiro atoms. The van der Waals surface area contributed by atoms with Crippen LogP contribution >= 0.6 is 0 Å². The molecule has 0 amide bonds. The zero-order valence-corrected chi connectivity index (χ0v) is 17.9. The number of unbranched alkanes of at least 4 members (excludes halogenated alkanes) is 5. The minimum absolute atomic E-state index is 0.352. The maximum Gasteiger partial charge on any atom is 0.394 e. The van der Waals surface area contributed by atoms with Gasteiger partial charge < -0.3 is 0 Å². The maximum atomic E-state index is 13.7. The van der Waals surface area contributed by atoms with Gasteiger partial charge in [0, 0.05) is 0 Å². The van der Waals surface area contributed by atoms with Gasteiger partial charge in [0.05, 0.1) is 5.41 Å². The second-order valence-electron chi connectivity index (χ2n) is 9.70. The molecule has 0 radical (unpaired) electrons. The third-order valence-electron chi connectivity index (χ3n) is 7.87. The standard InChI is InChI=1S/C24H43F3/c1-3-5-7-8-9-10-20-11-13-21(14-12-20)22-15-18-23(19-16-22,17-6-4-2)24(25,26)27/h20-22H,3-19H2,1-2H3. The Balaban J connectivity index is 1.72. The lowest BCUT2D eigenvalue weighted by Gasteiger charge is -2.44. The Morgan fingerprint density at radius 1 is 0.704 bits per heavy atom. The number of hydrogen-bond acceptors (Lipinski definition) is 0. The van der Waals surface area contributed by atoms with E-state index in [1.54, 1.807) is 0 Å². The van der Waals surface area contributed by atoms with Crippen molar-refractivity contribution in [3.63, 3.8) is 0 Å². The molecule has 2 aliphatic rings. The number of rotatable bonds is 10. The van der Waals surface area contributed by atoms with Crippen molar-refractivity contribution < 1.29 is 13.2 Å². The van der Waals surface area contributed by atoms with Crippen molar-refractivity contribution in [3.8, 4) is 0 Å². The summed E-state index contributed by atoms with van der Waals surface area (Å²) in [6.45, 7) is 4.26. The van der Waals surface area contributed by atoms with Gasteiger partial charge in [-0.25, -0.2) is 0 Å². The lowest BCUT2D eigenvalue weighted by molar-refractivity contribution is -0.241. The van der Waals surface area contributed by atoms with E-state index < -0.39 is 11.6 Å². The predicted molar refractivity (Wildman–Crippen MR) is 109 cm³/mol. The fourth-order valence-electron chi connectivity index (χ4n) is 5.84. The molecule has 0 N–H and O–H groups in total. The summed E-state index contributed by atoms with van der Waals surface area (Å²) >= 11 is 0. The fraction of sp³-hybridized carbons (Fsp3) is 1.00. The highest BCUT2D eigenvalue weighted by Crippen LogP contribution is 2.55. The SMILES string of the molecule is CCCCCCCC1CCC(C2CCC(CCCC)(C(F)(F)F)CC2)CC1. The van der Waals surface area contributed by atoms with Crippen LogP contribution in [-0.2, 0) is 0 Å². The molecule has 2 rings (SSSR count). The van der Waals surface area contributed by atoms with Crippen LogP contribution in [0, 0.1) is 23.2 Å². The fourth-order valence-corrected chi connectivity index (χ4v) is 5.84. The normalized spacial score (nSPS) is 32.6. The molecule has 2 saturated carbocycles. The van der Waals surface area contributed by atoms with E-state index in [9.17, 15) is 13.2 Å². The van der Waals surface area contributed by atoms with Crippen LogP contribution in [0.5, 0.6) is 0 Å². The highest BCUT2D eigenvalue weighted by molar-refractivity contribution is 4.93. The molecule has 0 nitrogen and oxygen atoms in total. The lowest BCUT2D eigenvalue weighted by atomic mass is 9.62. The molecule has 0 unspecified atom stereocenters. The van der Waals surface area contributed by atoms with Crippen LogP contribution in [0.15, 0.2) is 0 Å². The monoisotopic (exact) mass is 388 g/mol. The second kappa shape index (κ2) is 11.1. The first-order valence-electron chi connectivity index (χ1n) is 12.0. The minimum atomic E-state index is -4.01. The summed E-state index contributed by atoms with van der Waals surface area (Å²) in [5.74, 6) is 2.16. The van der Waals surface area contributed by atoms with E-state index in [1.807, 2.05) is 6.92 Å². The van der Waals surface area contributed by atoms with E-state index >= 15 is 0 Å². The summed E-state index contributed by atoms with van der Waals surface area (Å²) in [6.07, 6.45) is 13.7. The first-order chi connectivity index (χ1) is 12.9. The van der Waals surface area contributed by atoms with Gasteiger partial charge in [0.2, 0.25) is 0 Å². The van der Waals surface area contributed by atoms with Crippen LogP contribution < -0.4 is 0 Å². The van der Waals surface area contributed by atoms with Crippen LogP contribution in [0.4, 0.5) is 13.2 Å². The van der Waals surface area contributed by atoms with Crippen LogP contribution in [0.3, 0.4) is 0 Å². The molecule has 0 saturated heterocycles. The van der Waals surface area contributed by atoms with Crippen molar-refractivity contribution in [2.75, 3.05) is 0 Å². The molecule has 160 valence electrons. The summed E-state index contributed by atoms with van der Waals surface area (Å²) < 4.78 is 41.2. The van der Waals surface area contributed by atoms with E-state index in [-0.39, 0.29) is 0 Å². The number of hydrogen-bond donors (Lipinski definition) is 0. The van der Waals surface area contributed by atoms with Crippen LogP contribution in [0.1, 0.15) is 123 Å². The zero-order chi connectivity index (χ0) is 19.8. The van der Waals surface area contributed by atoms with Gasteiger partial charge in [-0.3, -0.25) is 0 Å². The van der Waals surface area contributed by atoms with E-state index in [0.29, 0.717) is 37.5 Å². The summed E-state index contributed by atoms with van der Waals surface area (Å²) in [7, 11) is 0. The van der Waals surface area contributed by atoms with Gasteiger partial charge in [0.25, 0.3) is 0 Å². The van der Waals surface area contributed by atoms with Gasteiger partial charge in [-0.15, -0.1) is 0 Å². The summed E-state index contributed by atoms with van der Waals surface area (Å²) in [4.78, 5) is 0. The third kappa shape index (κ3) is 6.67. The molecule has 0 aliphatic heterocycles.